The highest BCUT2D eigenvalue weighted by atomic mass is 35.5. The van der Waals surface area contributed by atoms with Gasteiger partial charge in [-0.1, -0.05) is 34.3 Å². The molecule has 0 radical (unpaired) electrons. The van der Waals surface area contributed by atoms with Crippen LogP contribution in [0.1, 0.15) is 17.5 Å². The Morgan fingerprint density at radius 2 is 1.68 bits per heavy atom. The Balaban J connectivity index is 2.15. The highest BCUT2D eigenvalue weighted by Crippen LogP contribution is 2.19. The summed E-state index contributed by atoms with van der Waals surface area (Å²) in [5.74, 6) is 1.08. The highest BCUT2D eigenvalue weighted by Gasteiger charge is 2.25. The maximum atomic E-state index is 12.8. The van der Waals surface area contributed by atoms with E-state index in [1.54, 1.807) is 43.5 Å². The second-order valence-electron chi connectivity index (χ2n) is 5.51. The van der Waals surface area contributed by atoms with Crippen LogP contribution in [0.25, 0.3) is 0 Å². The second-order valence-corrected chi connectivity index (χ2v) is 7.72. The van der Waals surface area contributed by atoms with Crippen molar-refractivity contribution in [1.82, 2.24) is 4.47 Å². The molecule has 0 aliphatic carbocycles. The van der Waals surface area contributed by atoms with Crippen LogP contribution in [0.2, 0.25) is 0 Å². The monoisotopic (exact) mass is 383 g/mol. The molecule has 25 heavy (non-hydrogen) atoms. The molecular formula is C18H22ClNO4S. The molecule has 0 fully saturated rings. The average molecular weight is 384 g/mol. The van der Waals surface area contributed by atoms with Crippen LogP contribution in [0.15, 0.2) is 53.4 Å². The number of aryl methyl sites for hydroxylation is 1. The first-order valence-corrected chi connectivity index (χ1v) is 9.86. The lowest BCUT2D eigenvalue weighted by molar-refractivity contribution is -0.0958. The predicted octanol–water partition coefficient (Wildman–Crippen LogP) is 3.76. The van der Waals surface area contributed by atoms with Crippen molar-refractivity contribution in [3.63, 3.8) is 0 Å². The van der Waals surface area contributed by atoms with Gasteiger partial charge in [-0.2, -0.15) is 0 Å². The van der Waals surface area contributed by atoms with Gasteiger partial charge in [0.2, 0.25) is 0 Å². The van der Waals surface area contributed by atoms with Crippen molar-refractivity contribution in [3.05, 3.63) is 59.7 Å². The van der Waals surface area contributed by atoms with Crippen LogP contribution in [0, 0.1) is 6.92 Å². The molecule has 0 atom stereocenters. The van der Waals surface area contributed by atoms with E-state index in [4.69, 9.17) is 21.2 Å². The van der Waals surface area contributed by atoms with Crippen LogP contribution < -0.4 is 4.74 Å². The van der Waals surface area contributed by atoms with Crippen LogP contribution in [0.3, 0.4) is 0 Å². The van der Waals surface area contributed by atoms with Crippen LogP contribution in [-0.4, -0.2) is 32.4 Å². The van der Waals surface area contributed by atoms with E-state index in [9.17, 15) is 8.42 Å². The Morgan fingerprint density at radius 3 is 2.24 bits per heavy atom. The minimum absolute atomic E-state index is 0.136. The predicted molar refractivity (Wildman–Crippen MR) is 98.2 cm³/mol. The minimum atomic E-state index is -3.75. The first-order chi connectivity index (χ1) is 12.0. The summed E-state index contributed by atoms with van der Waals surface area (Å²) in [6.45, 7) is 2.23. The minimum Gasteiger partial charge on any atom is -0.497 e. The Morgan fingerprint density at radius 1 is 1.04 bits per heavy atom. The zero-order chi connectivity index (χ0) is 18.3. The summed E-state index contributed by atoms with van der Waals surface area (Å²) in [6.07, 6.45) is 0.495. The van der Waals surface area contributed by atoms with Crippen molar-refractivity contribution in [2.45, 2.75) is 24.8 Å². The van der Waals surface area contributed by atoms with Crippen LogP contribution in [0.4, 0.5) is 0 Å². The molecule has 0 aromatic heterocycles. The van der Waals surface area contributed by atoms with Gasteiger partial charge in [-0.15, -0.1) is 11.6 Å². The maximum absolute atomic E-state index is 12.8. The summed E-state index contributed by atoms with van der Waals surface area (Å²) in [7, 11) is -2.15. The molecule has 136 valence electrons. The van der Waals surface area contributed by atoms with E-state index in [2.05, 4.69) is 0 Å². The quantitative estimate of drug-likeness (QED) is 0.488. The van der Waals surface area contributed by atoms with Gasteiger partial charge in [0.25, 0.3) is 10.0 Å². The lowest BCUT2D eigenvalue weighted by atomic mass is 10.2. The van der Waals surface area contributed by atoms with E-state index in [0.29, 0.717) is 12.3 Å². The highest BCUT2D eigenvalue weighted by molar-refractivity contribution is 7.89. The molecule has 0 aliphatic heterocycles. The first kappa shape index (κ1) is 19.7. The number of alkyl halides is 1. The second kappa shape index (κ2) is 9.20. The molecule has 7 heteroatoms. The Labute approximate surface area is 154 Å². The number of nitrogens with zero attached hydrogens (tertiary/aromatic N) is 1. The number of hydrogen-bond donors (Lipinski definition) is 0. The molecule has 0 saturated carbocycles. The fraction of sp³-hybridized carbons (Fsp3) is 0.333. The maximum Gasteiger partial charge on any atom is 0.265 e. The number of sulfonamides is 1. The number of hydrogen-bond acceptors (Lipinski definition) is 4. The molecule has 0 N–H and O–H groups in total. The smallest absolute Gasteiger partial charge is 0.265 e. The Bertz CT molecular complexity index is 761. The first-order valence-electron chi connectivity index (χ1n) is 7.88. The molecule has 0 saturated heterocycles. The van der Waals surface area contributed by atoms with Gasteiger partial charge in [0.05, 0.1) is 18.6 Å². The molecule has 2 aromatic rings. The molecule has 0 amide bonds. The van der Waals surface area contributed by atoms with E-state index in [-0.39, 0.29) is 18.0 Å². The van der Waals surface area contributed by atoms with Gasteiger partial charge in [0.1, 0.15) is 5.75 Å². The largest absolute Gasteiger partial charge is 0.497 e. The van der Waals surface area contributed by atoms with Crippen LogP contribution in [-0.2, 0) is 21.5 Å². The van der Waals surface area contributed by atoms with E-state index < -0.39 is 10.0 Å². The van der Waals surface area contributed by atoms with Crippen molar-refractivity contribution in [2.75, 3.05) is 19.5 Å². The average Bonchev–Trinajstić information content (AvgIpc) is 2.62. The fourth-order valence-electron chi connectivity index (χ4n) is 2.14. The molecule has 2 rings (SSSR count). The van der Waals surface area contributed by atoms with Crippen molar-refractivity contribution in [1.29, 1.82) is 0 Å². The van der Waals surface area contributed by atoms with Gasteiger partial charge in [-0.05, 0) is 43.2 Å². The summed E-state index contributed by atoms with van der Waals surface area (Å²) in [5.41, 5.74) is 1.83. The van der Waals surface area contributed by atoms with Gasteiger partial charge in [-0.3, -0.25) is 4.84 Å². The number of methoxy groups -OCH3 is 1. The Hall–Kier alpha value is -1.60. The third-order valence-corrected chi connectivity index (χ3v) is 5.55. The molecule has 5 nitrogen and oxygen atoms in total. The summed E-state index contributed by atoms with van der Waals surface area (Å²) >= 11 is 5.72. The van der Waals surface area contributed by atoms with Gasteiger partial charge in [-0.25, -0.2) is 8.42 Å². The number of rotatable bonds is 9. The summed E-state index contributed by atoms with van der Waals surface area (Å²) in [4.78, 5) is 5.80. The van der Waals surface area contributed by atoms with Gasteiger partial charge >= 0.3 is 0 Å². The van der Waals surface area contributed by atoms with Crippen molar-refractivity contribution >= 4 is 21.6 Å². The standard InChI is InChI=1S/C18H22ClNO4S/c1-15-4-10-18(11-5-15)25(21,22)20(13-3-12-19)24-14-16-6-8-17(23-2)9-7-16/h4-11H,3,12-14H2,1-2H3. The van der Waals surface area contributed by atoms with Gasteiger partial charge in [0.15, 0.2) is 0 Å². The number of hydroxylamine groups is 1. The lowest BCUT2D eigenvalue weighted by Gasteiger charge is -2.21. The summed E-state index contributed by atoms with van der Waals surface area (Å²) in [6, 6.07) is 13.9. The molecule has 0 aliphatic rings. The third-order valence-electron chi connectivity index (χ3n) is 3.60. The van der Waals surface area contributed by atoms with Gasteiger partial charge in [0, 0.05) is 12.4 Å². The van der Waals surface area contributed by atoms with Crippen LogP contribution in [0.5, 0.6) is 5.75 Å². The summed E-state index contributed by atoms with van der Waals surface area (Å²) in [5, 5.41) is 0. The fourth-order valence-corrected chi connectivity index (χ4v) is 3.53. The number of ether oxygens (including phenoxy) is 1. The van der Waals surface area contributed by atoms with Crippen molar-refractivity contribution in [2.24, 2.45) is 0 Å². The SMILES string of the molecule is COc1ccc(CON(CCCCl)S(=O)(=O)c2ccc(C)cc2)cc1. The van der Waals surface area contributed by atoms with E-state index in [1.165, 1.54) is 0 Å². The molecule has 0 bridgehead atoms. The topological polar surface area (TPSA) is 55.8 Å². The zero-order valence-corrected chi connectivity index (χ0v) is 15.9. The number of halogens is 1. The molecule has 0 heterocycles. The van der Waals surface area contributed by atoms with E-state index in [0.717, 1.165) is 21.3 Å². The zero-order valence-electron chi connectivity index (χ0n) is 14.3. The van der Waals surface area contributed by atoms with Gasteiger partial charge < -0.3 is 4.74 Å². The molecule has 0 spiro atoms. The molecule has 0 unspecified atom stereocenters. The normalized spacial score (nSPS) is 11.7. The molecular weight excluding hydrogens is 362 g/mol. The van der Waals surface area contributed by atoms with Crippen LogP contribution >= 0.6 is 11.6 Å². The van der Waals surface area contributed by atoms with Crippen molar-refractivity contribution in [3.8, 4) is 5.75 Å². The number of benzene rings is 2. The third kappa shape index (κ3) is 5.44. The lowest BCUT2D eigenvalue weighted by Crippen LogP contribution is -2.32. The van der Waals surface area contributed by atoms with E-state index >= 15 is 0 Å². The molecule has 2 aromatic carbocycles. The summed E-state index contributed by atoms with van der Waals surface area (Å²) < 4.78 is 31.7. The van der Waals surface area contributed by atoms with Crippen molar-refractivity contribution < 1.29 is 18.0 Å². The van der Waals surface area contributed by atoms with E-state index in [1.807, 2.05) is 19.1 Å². The Kier molecular flexibility index (Phi) is 7.25.